The van der Waals surface area contributed by atoms with Crippen LogP contribution in [0.5, 0.6) is 0 Å². The summed E-state index contributed by atoms with van der Waals surface area (Å²) in [5, 5.41) is 23.1. The minimum Gasteiger partial charge on any atom is -0.368 e. The van der Waals surface area contributed by atoms with Gasteiger partial charge in [-0.3, -0.25) is 4.79 Å². The van der Waals surface area contributed by atoms with E-state index < -0.39 is 11.5 Å². The summed E-state index contributed by atoms with van der Waals surface area (Å²) >= 11 is 0. The molecule has 25 heavy (non-hydrogen) atoms. The maximum Gasteiger partial charge on any atom is 0.273 e. The summed E-state index contributed by atoms with van der Waals surface area (Å²) in [6, 6.07) is 8.81. The molecule has 1 atom stereocenters. The number of carbonyl (C=O) groups excluding carboxylic acids is 1. The molecule has 0 aromatic carbocycles. The number of nitrogens with one attached hydrogen (secondary N) is 2. The molecule has 1 aliphatic heterocycles. The fraction of sp³-hybridized carbons (Fsp3) is 0.176. The van der Waals surface area contributed by atoms with E-state index in [1.165, 1.54) is 4.90 Å². The molecule has 1 saturated heterocycles. The number of H-pyrrole nitrogens is 1. The van der Waals surface area contributed by atoms with Crippen molar-refractivity contribution in [2.24, 2.45) is 0 Å². The number of hydrogen-bond acceptors (Lipinski definition) is 6. The lowest BCUT2D eigenvalue weighted by atomic mass is 10.1. The highest BCUT2D eigenvalue weighted by molar-refractivity contribution is 6.03. The number of hydrogen-bond donors (Lipinski definition) is 3. The third-order valence-electron chi connectivity index (χ3n) is 4.23. The van der Waals surface area contributed by atoms with Gasteiger partial charge in [0.1, 0.15) is 17.7 Å². The van der Waals surface area contributed by atoms with Gasteiger partial charge in [-0.1, -0.05) is 0 Å². The van der Waals surface area contributed by atoms with E-state index in [0.717, 1.165) is 10.9 Å². The van der Waals surface area contributed by atoms with Crippen molar-refractivity contribution in [3.05, 3.63) is 42.9 Å². The van der Waals surface area contributed by atoms with Crippen LogP contribution in [0.3, 0.4) is 0 Å². The number of amides is 1. The third kappa shape index (κ3) is 2.56. The minimum atomic E-state index is -1.95. The zero-order chi connectivity index (χ0) is 17.4. The highest BCUT2D eigenvalue weighted by Crippen LogP contribution is 2.29. The van der Waals surface area contributed by atoms with Crippen molar-refractivity contribution in [2.75, 3.05) is 16.8 Å². The Morgan fingerprint density at radius 3 is 2.96 bits per heavy atom. The first-order chi connectivity index (χ1) is 12.1. The second-order valence-corrected chi connectivity index (χ2v) is 5.84. The van der Waals surface area contributed by atoms with E-state index in [1.54, 1.807) is 30.6 Å². The predicted molar refractivity (Wildman–Crippen MR) is 91.1 cm³/mol. The SMILES string of the molecule is N#C[C@@]1(O)CCN(c2ccnc(Nc3cc4[nH]ccc4cn3)c2)C1=O. The summed E-state index contributed by atoms with van der Waals surface area (Å²) in [6.07, 6.45) is 5.22. The summed E-state index contributed by atoms with van der Waals surface area (Å²) in [7, 11) is 0. The lowest BCUT2D eigenvalue weighted by Gasteiger charge is -2.18. The quantitative estimate of drug-likeness (QED) is 0.627. The first-order valence-corrected chi connectivity index (χ1v) is 7.71. The normalized spacial score (nSPS) is 20.0. The highest BCUT2D eigenvalue weighted by Gasteiger charge is 2.46. The molecule has 8 nitrogen and oxygen atoms in total. The summed E-state index contributed by atoms with van der Waals surface area (Å²) in [4.78, 5) is 25.3. The lowest BCUT2D eigenvalue weighted by molar-refractivity contribution is -0.128. The molecule has 3 aromatic heterocycles. The van der Waals surface area contributed by atoms with Crippen molar-refractivity contribution >= 4 is 34.1 Å². The van der Waals surface area contributed by atoms with E-state index in [2.05, 4.69) is 20.3 Å². The van der Waals surface area contributed by atoms with Crippen LogP contribution in [0.25, 0.3) is 10.9 Å². The average Bonchev–Trinajstić information content (AvgIpc) is 3.20. The van der Waals surface area contributed by atoms with Gasteiger partial charge in [0.05, 0.1) is 5.52 Å². The van der Waals surface area contributed by atoms with E-state index in [1.807, 2.05) is 18.3 Å². The van der Waals surface area contributed by atoms with E-state index in [-0.39, 0.29) is 13.0 Å². The number of rotatable bonds is 3. The molecule has 0 spiro atoms. The molecule has 0 aliphatic carbocycles. The molecule has 0 bridgehead atoms. The Labute approximate surface area is 142 Å². The Hall–Kier alpha value is -3.44. The van der Waals surface area contributed by atoms with Crippen LogP contribution in [-0.4, -0.2) is 38.1 Å². The first kappa shape index (κ1) is 15.1. The number of aromatic nitrogens is 3. The fourth-order valence-corrected chi connectivity index (χ4v) is 2.86. The average molecular weight is 334 g/mol. The number of pyridine rings is 2. The molecule has 0 saturated carbocycles. The topological polar surface area (TPSA) is 118 Å². The van der Waals surface area contributed by atoms with Crippen molar-refractivity contribution < 1.29 is 9.90 Å². The molecule has 1 fully saturated rings. The molecule has 8 heteroatoms. The van der Waals surface area contributed by atoms with Gasteiger partial charge in [-0.05, 0) is 12.1 Å². The molecule has 1 aliphatic rings. The van der Waals surface area contributed by atoms with E-state index >= 15 is 0 Å². The van der Waals surface area contributed by atoms with Gasteiger partial charge in [0.15, 0.2) is 0 Å². The molecule has 3 aromatic rings. The second-order valence-electron chi connectivity index (χ2n) is 5.84. The van der Waals surface area contributed by atoms with Crippen LogP contribution in [-0.2, 0) is 4.79 Å². The molecule has 4 heterocycles. The van der Waals surface area contributed by atoms with Crippen LogP contribution < -0.4 is 10.2 Å². The van der Waals surface area contributed by atoms with Gasteiger partial charge in [-0.15, -0.1) is 0 Å². The summed E-state index contributed by atoms with van der Waals surface area (Å²) in [5.41, 5.74) is -0.436. The molecule has 124 valence electrons. The Bertz CT molecular complexity index is 1010. The molecule has 4 rings (SSSR count). The van der Waals surface area contributed by atoms with Gasteiger partial charge in [0.2, 0.25) is 5.60 Å². The van der Waals surface area contributed by atoms with Crippen LogP contribution >= 0.6 is 0 Å². The van der Waals surface area contributed by atoms with Gasteiger partial charge in [0.25, 0.3) is 5.91 Å². The summed E-state index contributed by atoms with van der Waals surface area (Å²) in [5.74, 6) is 0.509. The van der Waals surface area contributed by atoms with Gasteiger partial charge < -0.3 is 20.3 Å². The molecular weight excluding hydrogens is 320 g/mol. The summed E-state index contributed by atoms with van der Waals surface area (Å²) < 4.78 is 0. The highest BCUT2D eigenvalue weighted by atomic mass is 16.3. The number of aromatic amines is 1. The lowest BCUT2D eigenvalue weighted by Crippen LogP contribution is -2.38. The van der Waals surface area contributed by atoms with E-state index in [9.17, 15) is 9.90 Å². The number of nitrogens with zero attached hydrogens (tertiary/aromatic N) is 4. The number of nitriles is 1. The van der Waals surface area contributed by atoms with Crippen molar-refractivity contribution in [3.8, 4) is 6.07 Å². The number of carbonyl (C=O) groups is 1. The largest absolute Gasteiger partial charge is 0.368 e. The number of anilines is 3. The minimum absolute atomic E-state index is 0.0818. The molecular formula is C17H14N6O2. The van der Waals surface area contributed by atoms with Crippen LogP contribution in [0.4, 0.5) is 17.3 Å². The predicted octanol–water partition coefficient (Wildman–Crippen LogP) is 1.69. The van der Waals surface area contributed by atoms with E-state index in [4.69, 9.17) is 5.26 Å². The van der Waals surface area contributed by atoms with Crippen molar-refractivity contribution in [2.45, 2.75) is 12.0 Å². The van der Waals surface area contributed by atoms with Crippen LogP contribution in [0.1, 0.15) is 6.42 Å². The molecule has 1 amide bonds. The maximum atomic E-state index is 12.2. The van der Waals surface area contributed by atoms with Crippen molar-refractivity contribution in [3.63, 3.8) is 0 Å². The van der Waals surface area contributed by atoms with Gasteiger partial charge >= 0.3 is 0 Å². The first-order valence-electron chi connectivity index (χ1n) is 7.71. The Morgan fingerprint density at radius 2 is 2.16 bits per heavy atom. The van der Waals surface area contributed by atoms with Crippen molar-refractivity contribution in [1.82, 2.24) is 15.0 Å². The van der Waals surface area contributed by atoms with E-state index in [0.29, 0.717) is 17.3 Å². The maximum absolute atomic E-state index is 12.2. The Balaban J connectivity index is 1.59. The van der Waals surface area contributed by atoms with Crippen LogP contribution in [0.15, 0.2) is 42.9 Å². The van der Waals surface area contributed by atoms with Crippen molar-refractivity contribution in [1.29, 1.82) is 5.26 Å². The monoisotopic (exact) mass is 334 g/mol. The molecule has 3 N–H and O–H groups in total. The smallest absolute Gasteiger partial charge is 0.273 e. The Kier molecular flexibility index (Phi) is 3.37. The number of aliphatic hydroxyl groups is 1. The van der Waals surface area contributed by atoms with Gasteiger partial charge in [-0.25, -0.2) is 9.97 Å². The molecule has 0 radical (unpaired) electrons. The second kappa shape index (κ2) is 5.58. The summed E-state index contributed by atoms with van der Waals surface area (Å²) in [6.45, 7) is 0.277. The fourth-order valence-electron chi connectivity index (χ4n) is 2.86. The standard InChI is InChI=1S/C17H14N6O2/c18-10-17(25)3-6-23(16(17)24)12-2-5-20-14(7-12)22-15-8-13-11(9-21-15)1-4-19-13/h1-2,4-5,7-9,19,25H,3,6H2,(H,20,21,22)/t17-/m0/s1. The van der Waals surface area contributed by atoms with Gasteiger partial charge in [0, 0.05) is 54.8 Å². The van der Waals surface area contributed by atoms with Crippen LogP contribution in [0.2, 0.25) is 0 Å². The number of fused-ring (bicyclic) bond motifs is 1. The van der Waals surface area contributed by atoms with Crippen LogP contribution in [0, 0.1) is 11.3 Å². The zero-order valence-electron chi connectivity index (χ0n) is 13.1. The third-order valence-corrected chi connectivity index (χ3v) is 4.23. The zero-order valence-corrected chi connectivity index (χ0v) is 13.1. The molecule has 0 unspecified atom stereocenters. The Morgan fingerprint density at radius 1 is 1.32 bits per heavy atom. The van der Waals surface area contributed by atoms with Gasteiger partial charge in [-0.2, -0.15) is 5.26 Å².